The molecule has 0 aliphatic rings. The van der Waals surface area contributed by atoms with Crippen molar-refractivity contribution in [1.29, 1.82) is 0 Å². The zero-order valence-electron chi connectivity index (χ0n) is 10.3. The van der Waals surface area contributed by atoms with Crippen LogP contribution in [0.3, 0.4) is 0 Å². The van der Waals surface area contributed by atoms with E-state index >= 15 is 0 Å². The predicted octanol–water partition coefficient (Wildman–Crippen LogP) is 0.878. The molecule has 6 heteroatoms. The summed E-state index contributed by atoms with van der Waals surface area (Å²) in [6.45, 7) is 1.97. The van der Waals surface area contributed by atoms with E-state index < -0.39 is 17.2 Å². The molecule has 1 aromatic carbocycles. The molecule has 0 atom stereocenters. The summed E-state index contributed by atoms with van der Waals surface area (Å²) in [5, 5.41) is 2.66. The van der Waals surface area contributed by atoms with Gasteiger partial charge >= 0.3 is 5.69 Å². The second kappa shape index (κ2) is 5.34. The Kier molecular flexibility index (Phi) is 3.61. The van der Waals surface area contributed by atoms with Gasteiger partial charge in [0.2, 0.25) is 0 Å². The van der Waals surface area contributed by atoms with E-state index in [4.69, 9.17) is 0 Å². The number of rotatable bonds is 3. The number of aromatic nitrogens is 2. The molecule has 0 saturated heterocycles. The number of hydrogen-bond acceptors (Lipinski definition) is 3. The zero-order chi connectivity index (χ0) is 13.8. The fourth-order valence-corrected chi connectivity index (χ4v) is 1.72. The first-order valence-corrected chi connectivity index (χ1v) is 5.83. The van der Waals surface area contributed by atoms with Crippen LogP contribution in [0.1, 0.15) is 22.8 Å². The van der Waals surface area contributed by atoms with E-state index in [1.807, 2.05) is 24.0 Å². The van der Waals surface area contributed by atoms with E-state index in [2.05, 4.69) is 10.3 Å². The van der Waals surface area contributed by atoms with Crippen LogP contribution in [-0.4, -0.2) is 15.9 Å². The molecular weight excluding hydrogens is 246 g/mol. The van der Waals surface area contributed by atoms with Crippen molar-refractivity contribution in [1.82, 2.24) is 9.97 Å². The van der Waals surface area contributed by atoms with Crippen LogP contribution < -0.4 is 16.6 Å². The molecule has 0 fully saturated rings. The summed E-state index contributed by atoms with van der Waals surface area (Å²) in [6.07, 6.45) is 1.86. The zero-order valence-corrected chi connectivity index (χ0v) is 10.3. The van der Waals surface area contributed by atoms with E-state index in [-0.39, 0.29) is 5.56 Å². The van der Waals surface area contributed by atoms with Crippen LogP contribution in [0.25, 0.3) is 0 Å². The van der Waals surface area contributed by atoms with Crippen LogP contribution in [0.4, 0.5) is 5.69 Å². The Morgan fingerprint density at radius 2 is 2.00 bits per heavy atom. The average Bonchev–Trinajstić information content (AvgIpc) is 2.39. The number of para-hydroxylation sites is 1. The number of aryl methyl sites for hydroxylation is 1. The average molecular weight is 259 g/mol. The lowest BCUT2D eigenvalue weighted by molar-refractivity contribution is 0.102. The number of aromatic amines is 2. The van der Waals surface area contributed by atoms with E-state index in [1.165, 1.54) is 0 Å². The molecule has 1 aromatic heterocycles. The van der Waals surface area contributed by atoms with Gasteiger partial charge in [0.15, 0.2) is 0 Å². The molecule has 0 unspecified atom stereocenters. The predicted molar refractivity (Wildman–Crippen MR) is 71.5 cm³/mol. The third-order valence-electron chi connectivity index (χ3n) is 2.71. The van der Waals surface area contributed by atoms with Crippen molar-refractivity contribution in [3.05, 3.63) is 62.4 Å². The molecule has 3 N–H and O–H groups in total. The number of benzene rings is 1. The maximum atomic E-state index is 12.0. The lowest BCUT2D eigenvalue weighted by atomic mass is 10.1. The highest BCUT2D eigenvalue weighted by atomic mass is 16.2. The van der Waals surface area contributed by atoms with Gasteiger partial charge in [-0.1, -0.05) is 25.1 Å². The molecule has 0 saturated carbocycles. The number of amides is 1. The molecule has 98 valence electrons. The number of hydrogen-bond donors (Lipinski definition) is 3. The molecule has 6 nitrogen and oxygen atoms in total. The summed E-state index contributed by atoms with van der Waals surface area (Å²) in [5.74, 6) is -0.557. The number of anilines is 1. The maximum absolute atomic E-state index is 12.0. The Balaban J connectivity index is 2.31. The van der Waals surface area contributed by atoms with Gasteiger partial charge in [0.1, 0.15) is 5.56 Å². The SMILES string of the molecule is CCc1ccccc1NC(=O)c1c[nH]c(=O)[nH]c1=O. The van der Waals surface area contributed by atoms with Crippen LogP contribution in [-0.2, 0) is 6.42 Å². The van der Waals surface area contributed by atoms with Gasteiger partial charge in [0, 0.05) is 11.9 Å². The smallest absolute Gasteiger partial charge is 0.322 e. The van der Waals surface area contributed by atoms with Gasteiger partial charge in [-0.3, -0.25) is 14.6 Å². The Morgan fingerprint density at radius 3 is 2.68 bits per heavy atom. The molecule has 1 amide bonds. The maximum Gasteiger partial charge on any atom is 0.325 e. The molecule has 0 aliphatic carbocycles. The third-order valence-corrected chi connectivity index (χ3v) is 2.71. The van der Waals surface area contributed by atoms with Crippen LogP contribution in [0.5, 0.6) is 0 Å². The molecule has 0 aliphatic heterocycles. The largest absolute Gasteiger partial charge is 0.325 e. The van der Waals surface area contributed by atoms with Gasteiger partial charge < -0.3 is 10.3 Å². The minimum atomic E-state index is -0.713. The summed E-state index contributed by atoms with van der Waals surface area (Å²) >= 11 is 0. The third kappa shape index (κ3) is 2.79. The molecule has 19 heavy (non-hydrogen) atoms. The van der Waals surface area contributed by atoms with E-state index in [9.17, 15) is 14.4 Å². The Hall–Kier alpha value is -2.63. The summed E-state index contributed by atoms with van der Waals surface area (Å²) in [4.78, 5) is 38.6. The highest BCUT2D eigenvalue weighted by Gasteiger charge is 2.12. The molecule has 0 spiro atoms. The molecule has 0 radical (unpaired) electrons. The van der Waals surface area contributed by atoms with Gasteiger partial charge in [-0.15, -0.1) is 0 Å². The van der Waals surface area contributed by atoms with Crippen molar-refractivity contribution in [3.63, 3.8) is 0 Å². The van der Waals surface area contributed by atoms with Crippen LogP contribution in [0.15, 0.2) is 40.1 Å². The first kappa shape index (κ1) is 12.8. The van der Waals surface area contributed by atoms with Gasteiger partial charge in [-0.2, -0.15) is 0 Å². The fourth-order valence-electron chi connectivity index (χ4n) is 1.72. The first-order valence-electron chi connectivity index (χ1n) is 5.83. The second-order valence-corrected chi connectivity index (χ2v) is 3.95. The lowest BCUT2D eigenvalue weighted by Gasteiger charge is -2.08. The molecule has 0 bridgehead atoms. The van der Waals surface area contributed by atoms with Crippen molar-refractivity contribution in [2.75, 3.05) is 5.32 Å². The molecule has 1 heterocycles. The molecule has 2 aromatic rings. The Bertz CT molecular complexity index is 715. The monoisotopic (exact) mass is 259 g/mol. The van der Waals surface area contributed by atoms with Gasteiger partial charge in [-0.25, -0.2) is 4.79 Å². The quantitative estimate of drug-likeness (QED) is 0.763. The number of carbonyl (C=O) groups is 1. The number of H-pyrrole nitrogens is 2. The molecule has 2 rings (SSSR count). The first-order chi connectivity index (χ1) is 9.11. The number of nitrogens with one attached hydrogen (secondary N) is 3. The minimum absolute atomic E-state index is 0.134. The van der Waals surface area contributed by atoms with Crippen LogP contribution in [0, 0.1) is 0 Å². The van der Waals surface area contributed by atoms with Crippen molar-refractivity contribution < 1.29 is 4.79 Å². The standard InChI is InChI=1S/C13H13N3O3/c1-2-8-5-3-4-6-10(8)15-11(17)9-7-14-13(19)16-12(9)18/h3-7H,2H2,1H3,(H,15,17)(H2,14,16,18,19). The minimum Gasteiger partial charge on any atom is -0.322 e. The Morgan fingerprint density at radius 1 is 1.26 bits per heavy atom. The topological polar surface area (TPSA) is 94.8 Å². The summed E-state index contributed by atoms with van der Waals surface area (Å²) < 4.78 is 0. The van der Waals surface area contributed by atoms with Crippen LogP contribution >= 0.6 is 0 Å². The van der Waals surface area contributed by atoms with Crippen molar-refractivity contribution in [2.45, 2.75) is 13.3 Å². The van der Waals surface area contributed by atoms with Crippen molar-refractivity contribution in [3.8, 4) is 0 Å². The van der Waals surface area contributed by atoms with Crippen molar-refractivity contribution in [2.24, 2.45) is 0 Å². The normalized spacial score (nSPS) is 10.2. The lowest BCUT2D eigenvalue weighted by Crippen LogP contribution is -2.29. The summed E-state index contributed by atoms with van der Waals surface area (Å²) in [7, 11) is 0. The second-order valence-electron chi connectivity index (χ2n) is 3.95. The van der Waals surface area contributed by atoms with E-state index in [1.54, 1.807) is 12.1 Å². The number of carbonyl (C=O) groups excluding carboxylic acids is 1. The highest BCUT2D eigenvalue weighted by molar-refractivity contribution is 6.04. The van der Waals surface area contributed by atoms with E-state index in [0.29, 0.717) is 5.69 Å². The van der Waals surface area contributed by atoms with Gasteiger partial charge in [0.05, 0.1) is 0 Å². The van der Waals surface area contributed by atoms with Gasteiger partial charge in [0.25, 0.3) is 11.5 Å². The highest BCUT2D eigenvalue weighted by Crippen LogP contribution is 2.15. The summed E-state index contributed by atoms with van der Waals surface area (Å²) in [6, 6.07) is 7.33. The Labute approximate surface area is 108 Å². The molecular formula is C13H13N3O3. The van der Waals surface area contributed by atoms with Gasteiger partial charge in [-0.05, 0) is 18.1 Å². The summed E-state index contributed by atoms with van der Waals surface area (Å²) in [5.41, 5.74) is 0.133. The fraction of sp³-hybridized carbons (Fsp3) is 0.154. The van der Waals surface area contributed by atoms with Crippen molar-refractivity contribution >= 4 is 11.6 Å². The van der Waals surface area contributed by atoms with E-state index in [0.717, 1.165) is 18.2 Å². The van der Waals surface area contributed by atoms with Crippen LogP contribution in [0.2, 0.25) is 0 Å².